The molecule has 0 fully saturated rings. The fourth-order valence-corrected chi connectivity index (χ4v) is 1.88. The molecular formula is C14H17N3. The van der Waals surface area contributed by atoms with Crippen LogP contribution >= 0.6 is 0 Å². The summed E-state index contributed by atoms with van der Waals surface area (Å²) in [6.07, 6.45) is 1.78. The molecule has 2 N–H and O–H groups in total. The number of aryl methyl sites for hydroxylation is 1. The van der Waals surface area contributed by atoms with Crippen LogP contribution < -0.4 is 10.6 Å². The van der Waals surface area contributed by atoms with Gasteiger partial charge < -0.3 is 10.6 Å². The van der Waals surface area contributed by atoms with E-state index < -0.39 is 0 Å². The standard InChI is InChI=1S/C14H17N3/c1-11-6-3-4-8-14(11)17(2)10-13-12(15)7-5-9-16-13/h3-9H,10,15H2,1-2H3. The van der Waals surface area contributed by atoms with Gasteiger partial charge in [-0.2, -0.15) is 0 Å². The van der Waals surface area contributed by atoms with Crippen molar-refractivity contribution in [2.24, 2.45) is 0 Å². The van der Waals surface area contributed by atoms with E-state index in [-0.39, 0.29) is 0 Å². The number of hydrogen-bond donors (Lipinski definition) is 1. The summed E-state index contributed by atoms with van der Waals surface area (Å²) in [5.41, 5.74) is 10.0. The fourth-order valence-electron chi connectivity index (χ4n) is 1.88. The van der Waals surface area contributed by atoms with Crippen LogP contribution in [-0.2, 0) is 6.54 Å². The molecule has 88 valence electrons. The molecule has 3 nitrogen and oxygen atoms in total. The number of nitrogens with two attached hydrogens (primary N) is 1. The first-order valence-electron chi connectivity index (χ1n) is 5.64. The van der Waals surface area contributed by atoms with Crippen molar-refractivity contribution >= 4 is 11.4 Å². The Morgan fingerprint density at radius 1 is 1.18 bits per heavy atom. The number of rotatable bonds is 3. The smallest absolute Gasteiger partial charge is 0.0825 e. The number of anilines is 2. The lowest BCUT2D eigenvalue weighted by Crippen LogP contribution is -2.19. The van der Waals surface area contributed by atoms with Crippen molar-refractivity contribution in [3.05, 3.63) is 53.9 Å². The van der Waals surface area contributed by atoms with Gasteiger partial charge in [-0.1, -0.05) is 18.2 Å². The normalized spacial score (nSPS) is 10.2. The van der Waals surface area contributed by atoms with E-state index in [0.717, 1.165) is 17.9 Å². The lowest BCUT2D eigenvalue weighted by Gasteiger charge is -2.21. The van der Waals surface area contributed by atoms with E-state index in [2.05, 4.69) is 36.0 Å². The predicted octanol–water partition coefficient (Wildman–Crippen LogP) is 2.61. The molecule has 0 aliphatic heterocycles. The Morgan fingerprint density at radius 3 is 2.65 bits per heavy atom. The molecule has 2 rings (SSSR count). The zero-order valence-electron chi connectivity index (χ0n) is 10.2. The molecule has 0 aliphatic rings. The van der Waals surface area contributed by atoms with Crippen LogP contribution in [0.3, 0.4) is 0 Å². The van der Waals surface area contributed by atoms with Crippen molar-refractivity contribution in [1.82, 2.24) is 4.98 Å². The van der Waals surface area contributed by atoms with E-state index in [0.29, 0.717) is 0 Å². The topological polar surface area (TPSA) is 42.2 Å². The molecule has 0 radical (unpaired) electrons. The molecule has 0 saturated carbocycles. The summed E-state index contributed by atoms with van der Waals surface area (Å²) in [4.78, 5) is 6.47. The Kier molecular flexibility index (Phi) is 3.28. The zero-order chi connectivity index (χ0) is 12.3. The summed E-state index contributed by atoms with van der Waals surface area (Å²) < 4.78 is 0. The first kappa shape index (κ1) is 11.5. The van der Waals surface area contributed by atoms with Gasteiger partial charge in [-0.05, 0) is 30.7 Å². The highest BCUT2D eigenvalue weighted by Gasteiger charge is 2.07. The Morgan fingerprint density at radius 2 is 1.94 bits per heavy atom. The van der Waals surface area contributed by atoms with Crippen molar-refractivity contribution in [2.75, 3.05) is 17.7 Å². The van der Waals surface area contributed by atoms with Gasteiger partial charge in [0.2, 0.25) is 0 Å². The minimum absolute atomic E-state index is 0.720. The second-order valence-electron chi connectivity index (χ2n) is 4.18. The maximum atomic E-state index is 5.90. The minimum atomic E-state index is 0.720. The third kappa shape index (κ3) is 2.56. The van der Waals surface area contributed by atoms with Crippen LogP contribution in [0, 0.1) is 6.92 Å². The van der Waals surface area contributed by atoms with E-state index >= 15 is 0 Å². The molecule has 0 aliphatic carbocycles. The largest absolute Gasteiger partial charge is 0.397 e. The van der Waals surface area contributed by atoms with Crippen LogP contribution in [0.5, 0.6) is 0 Å². The maximum absolute atomic E-state index is 5.90. The summed E-state index contributed by atoms with van der Waals surface area (Å²) in [5.74, 6) is 0. The summed E-state index contributed by atoms with van der Waals surface area (Å²) in [5, 5.41) is 0. The molecule has 0 spiro atoms. The van der Waals surface area contributed by atoms with Crippen molar-refractivity contribution in [3.8, 4) is 0 Å². The molecule has 0 amide bonds. The minimum Gasteiger partial charge on any atom is -0.397 e. The number of hydrogen-bond acceptors (Lipinski definition) is 3. The average Bonchev–Trinajstić information content (AvgIpc) is 2.32. The summed E-state index contributed by atoms with van der Waals surface area (Å²) in [7, 11) is 2.05. The number of aromatic nitrogens is 1. The van der Waals surface area contributed by atoms with E-state index in [1.54, 1.807) is 6.20 Å². The SMILES string of the molecule is Cc1ccccc1N(C)Cc1ncccc1N. The van der Waals surface area contributed by atoms with Crippen molar-refractivity contribution in [3.63, 3.8) is 0 Å². The van der Waals surface area contributed by atoms with Crippen LogP contribution in [-0.4, -0.2) is 12.0 Å². The van der Waals surface area contributed by atoms with Crippen LogP contribution in [0.2, 0.25) is 0 Å². The number of nitrogens with zero attached hydrogens (tertiary/aromatic N) is 2. The van der Waals surface area contributed by atoms with Gasteiger partial charge in [0.15, 0.2) is 0 Å². The maximum Gasteiger partial charge on any atom is 0.0825 e. The van der Waals surface area contributed by atoms with E-state index in [9.17, 15) is 0 Å². The molecule has 0 unspecified atom stereocenters. The second kappa shape index (κ2) is 4.87. The van der Waals surface area contributed by atoms with Gasteiger partial charge in [0.05, 0.1) is 17.9 Å². The number of pyridine rings is 1. The lowest BCUT2D eigenvalue weighted by molar-refractivity contribution is 0.884. The molecule has 0 atom stereocenters. The van der Waals surface area contributed by atoms with Crippen molar-refractivity contribution in [2.45, 2.75) is 13.5 Å². The molecule has 3 heteroatoms. The van der Waals surface area contributed by atoms with Crippen molar-refractivity contribution in [1.29, 1.82) is 0 Å². The lowest BCUT2D eigenvalue weighted by atomic mass is 10.2. The van der Waals surface area contributed by atoms with E-state index in [1.807, 2.05) is 24.3 Å². The van der Waals surface area contributed by atoms with Crippen LogP contribution in [0.15, 0.2) is 42.6 Å². The van der Waals surface area contributed by atoms with E-state index in [1.165, 1.54) is 11.3 Å². The molecule has 1 aromatic heterocycles. The molecular weight excluding hydrogens is 210 g/mol. The summed E-state index contributed by atoms with van der Waals surface area (Å²) in [6, 6.07) is 12.0. The molecule has 0 bridgehead atoms. The quantitative estimate of drug-likeness (QED) is 0.876. The Hall–Kier alpha value is -2.03. The monoisotopic (exact) mass is 227 g/mol. The summed E-state index contributed by atoms with van der Waals surface area (Å²) >= 11 is 0. The molecule has 1 heterocycles. The van der Waals surface area contributed by atoms with Gasteiger partial charge in [-0.25, -0.2) is 0 Å². The number of benzene rings is 1. The van der Waals surface area contributed by atoms with Gasteiger partial charge in [0, 0.05) is 18.9 Å². The van der Waals surface area contributed by atoms with E-state index in [4.69, 9.17) is 5.73 Å². The molecule has 0 saturated heterocycles. The zero-order valence-corrected chi connectivity index (χ0v) is 10.2. The van der Waals surface area contributed by atoms with Gasteiger partial charge in [0.1, 0.15) is 0 Å². The number of nitrogen functional groups attached to an aromatic ring is 1. The van der Waals surface area contributed by atoms with Gasteiger partial charge in [-0.3, -0.25) is 4.98 Å². The fraction of sp³-hybridized carbons (Fsp3) is 0.214. The summed E-state index contributed by atoms with van der Waals surface area (Å²) in [6.45, 7) is 2.82. The van der Waals surface area contributed by atoms with Crippen LogP contribution in [0.4, 0.5) is 11.4 Å². The second-order valence-corrected chi connectivity index (χ2v) is 4.18. The first-order chi connectivity index (χ1) is 8.18. The Balaban J connectivity index is 2.20. The van der Waals surface area contributed by atoms with Crippen LogP contribution in [0.1, 0.15) is 11.3 Å². The molecule has 1 aromatic carbocycles. The van der Waals surface area contributed by atoms with Gasteiger partial charge in [0.25, 0.3) is 0 Å². The third-order valence-corrected chi connectivity index (χ3v) is 2.84. The first-order valence-corrected chi connectivity index (χ1v) is 5.64. The predicted molar refractivity (Wildman–Crippen MR) is 71.9 cm³/mol. The Labute approximate surface area is 102 Å². The highest BCUT2D eigenvalue weighted by molar-refractivity contribution is 5.54. The Bertz CT molecular complexity index is 508. The number of para-hydroxylation sites is 1. The average molecular weight is 227 g/mol. The van der Waals surface area contributed by atoms with Gasteiger partial charge >= 0.3 is 0 Å². The highest BCUT2D eigenvalue weighted by atomic mass is 15.1. The van der Waals surface area contributed by atoms with Gasteiger partial charge in [-0.15, -0.1) is 0 Å². The third-order valence-electron chi connectivity index (χ3n) is 2.84. The van der Waals surface area contributed by atoms with Crippen molar-refractivity contribution < 1.29 is 0 Å². The van der Waals surface area contributed by atoms with Crippen LogP contribution in [0.25, 0.3) is 0 Å². The molecule has 2 aromatic rings. The molecule has 17 heavy (non-hydrogen) atoms. The highest BCUT2D eigenvalue weighted by Crippen LogP contribution is 2.20.